The Labute approximate surface area is 112 Å². The van der Waals surface area contributed by atoms with Crippen molar-refractivity contribution in [2.45, 2.75) is 6.43 Å². The summed E-state index contributed by atoms with van der Waals surface area (Å²) in [5.74, 6) is -2.96. The van der Waals surface area contributed by atoms with Crippen molar-refractivity contribution in [1.29, 1.82) is 0 Å². The molecule has 0 heterocycles. The summed E-state index contributed by atoms with van der Waals surface area (Å²) >= 11 is 0. The SMILES string of the molecule is O=C(/C=C(\[O-])C(F)F)c1ccc(F)cc1.[Na+]. The number of benzene rings is 1. The molecule has 0 N–H and O–H groups in total. The summed E-state index contributed by atoms with van der Waals surface area (Å²) < 4.78 is 36.0. The Bertz CT molecular complexity index is 388. The summed E-state index contributed by atoms with van der Waals surface area (Å²) in [6, 6.07) is 4.25. The number of rotatable bonds is 3. The maximum absolute atomic E-state index is 12.4. The van der Waals surface area contributed by atoms with Gasteiger partial charge in [-0.25, -0.2) is 13.2 Å². The first kappa shape index (κ1) is 15.2. The van der Waals surface area contributed by atoms with E-state index in [2.05, 4.69) is 0 Å². The molecule has 1 aromatic carbocycles. The number of hydrogen-bond donors (Lipinski definition) is 0. The van der Waals surface area contributed by atoms with E-state index in [0.29, 0.717) is 6.08 Å². The fourth-order valence-electron chi connectivity index (χ4n) is 0.890. The molecule has 80 valence electrons. The molecule has 0 atom stereocenters. The third-order valence-electron chi connectivity index (χ3n) is 1.62. The molecule has 0 aliphatic rings. The molecule has 1 aromatic rings. The van der Waals surface area contributed by atoms with E-state index in [-0.39, 0.29) is 35.1 Å². The van der Waals surface area contributed by atoms with Gasteiger partial charge in [-0.2, -0.15) is 0 Å². The topological polar surface area (TPSA) is 40.1 Å². The molecule has 2 nitrogen and oxygen atoms in total. The van der Waals surface area contributed by atoms with Gasteiger partial charge in [-0.05, 0) is 30.3 Å². The Morgan fingerprint density at radius 2 is 1.75 bits per heavy atom. The van der Waals surface area contributed by atoms with Crippen LogP contribution in [0.4, 0.5) is 13.2 Å². The number of carbonyl (C=O) groups is 1. The first-order chi connectivity index (χ1) is 7.00. The van der Waals surface area contributed by atoms with Gasteiger partial charge in [0.2, 0.25) is 6.43 Å². The third kappa shape index (κ3) is 4.38. The molecule has 0 aromatic heterocycles. The van der Waals surface area contributed by atoms with Crippen molar-refractivity contribution in [1.82, 2.24) is 0 Å². The quantitative estimate of drug-likeness (QED) is 0.279. The zero-order chi connectivity index (χ0) is 11.4. The summed E-state index contributed by atoms with van der Waals surface area (Å²) in [6.45, 7) is 0. The van der Waals surface area contributed by atoms with Crippen LogP contribution in [0.3, 0.4) is 0 Å². The van der Waals surface area contributed by atoms with Crippen LogP contribution in [-0.4, -0.2) is 12.2 Å². The molecule has 0 radical (unpaired) electrons. The van der Waals surface area contributed by atoms with E-state index >= 15 is 0 Å². The van der Waals surface area contributed by atoms with Crippen LogP contribution in [0.1, 0.15) is 10.4 Å². The van der Waals surface area contributed by atoms with Crippen molar-refractivity contribution in [3.05, 3.63) is 47.5 Å². The van der Waals surface area contributed by atoms with Gasteiger partial charge in [0, 0.05) is 5.56 Å². The maximum atomic E-state index is 12.4. The van der Waals surface area contributed by atoms with Crippen LogP contribution in [0.15, 0.2) is 36.1 Å². The number of alkyl halides is 2. The van der Waals surface area contributed by atoms with Gasteiger partial charge in [0.05, 0.1) is 0 Å². The van der Waals surface area contributed by atoms with Crippen molar-refractivity contribution in [2.75, 3.05) is 0 Å². The first-order valence-electron chi connectivity index (χ1n) is 3.97. The molecule has 16 heavy (non-hydrogen) atoms. The molecular weight excluding hydrogens is 232 g/mol. The van der Waals surface area contributed by atoms with Crippen LogP contribution < -0.4 is 34.7 Å². The molecular formula is C10H6F3NaO2. The van der Waals surface area contributed by atoms with E-state index in [9.17, 15) is 23.1 Å². The Morgan fingerprint density at radius 3 is 2.19 bits per heavy atom. The van der Waals surface area contributed by atoms with Crippen LogP contribution in [0, 0.1) is 5.82 Å². The fourth-order valence-corrected chi connectivity index (χ4v) is 0.890. The number of allylic oxidation sites excluding steroid dienone is 2. The minimum absolute atomic E-state index is 0. The zero-order valence-electron chi connectivity index (χ0n) is 8.41. The van der Waals surface area contributed by atoms with Crippen molar-refractivity contribution in [3.63, 3.8) is 0 Å². The van der Waals surface area contributed by atoms with Gasteiger partial charge >= 0.3 is 29.6 Å². The normalized spacial score (nSPS) is 11.1. The van der Waals surface area contributed by atoms with Gasteiger partial charge in [-0.3, -0.25) is 4.79 Å². The first-order valence-corrected chi connectivity index (χ1v) is 3.97. The predicted molar refractivity (Wildman–Crippen MR) is 44.8 cm³/mol. The molecule has 0 unspecified atom stereocenters. The minimum atomic E-state index is -3.20. The Balaban J connectivity index is 0.00000225. The summed E-state index contributed by atoms with van der Waals surface area (Å²) in [5.41, 5.74) is -0.00889. The third-order valence-corrected chi connectivity index (χ3v) is 1.62. The van der Waals surface area contributed by atoms with Crippen LogP contribution in [0.5, 0.6) is 0 Å². The minimum Gasteiger partial charge on any atom is -0.872 e. The predicted octanol–water partition coefficient (Wildman–Crippen LogP) is -1.48. The van der Waals surface area contributed by atoms with Crippen molar-refractivity contribution in [3.8, 4) is 0 Å². The van der Waals surface area contributed by atoms with Crippen molar-refractivity contribution >= 4 is 5.78 Å². The van der Waals surface area contributed by atoms with Gasteiger partial charge in [0.15, 0.2) is 5.78 Å². The average Bonchev–Trinajstić information content (AvgIpc) is 2.18. The molecule has 0 aliphatic heterocycles. The van der Waals surface area contributed by atoms with E-state index in [0.717, 1.165) is 24.3 Å². The smallest absolute Gasteiger partial charge is 0.872 e. The molecule has 0 saturated heterocycles. The number of carbonyl (C=O) groups excluding carboxylic acids is 1. The zero-order valence-corrected chi connectivity index (χ0v) is 10.4. The van der Waals surface area contributed by atoms with Gasteiger partial charge in [0.1, 0.15) is 5.82 Å². The second-order valence-corrected chi connectivity index (χ2v) is 2.72. The van der Waals surface area contributed by atoms with Crippen LogP contribution >= 0.6 is 0 Å². The van der Waals surface area contributed by atoms with E-state index in [1.54, 1.807) is 0 Å². The Kier molecular flexibility index (Phi) is 6.40. The number of hydrogen-bond acceptors (Lipinski definition) is 2. The summed E-state index contributed by atoms with van der Waals surface area (Å²) in [7, 11) is 0. The van der Waals surface area contributed by atoms with Crippen LogP contribution in [0.2, 0.25) is 0 Å². The summed E-state index contributed by atoms with van der Waals surface area (Å²) in [4.78, 5) is 11.1. The Morgan fingerprint density at radius 1 is 1.25 bits per heavy atom. The van der Waals surface area contributed by atoms with Gasteiger partial charge in [-0.1, -0.05) is 5.76 Å². The van der Waals surface area contributed by atoms with E-state index < -0.39 is 23.8 Å². The maximum Gasteiger partial charge on any atom is 1.00 e. The van der Waals surface area contributed by atoms with Gasteiger partial charge < -0.3 is 5.11 Å². The second kappa shape index (κ2) is 6.73. The molecule has 0 bridgehead atoms. The van der Waals surface area contributed by atoms with Crippen molar-refractivity contribution in [2.24, 2.45) is 0 Å². The second-order valence-electron chi connectivity index (χ2n) is 2.72. The molecule has 0 aliphatic carbocycles. The fraction of sp³-hybridized carbons (Fsp3) is 0.100. The molecule has 0 amide bonds. The number of ketones is 1. The van der Waals surface area contributed by atoms with Crippen molar-refractivity contribution < 1.29 is 52.6 Å². The largest absolute Gasteiger partial charge is 1.00 e. The van der Waals surface area contributed by atoms with E-state index in [1.807, 2.05) is 0 Å². The van der Waals surface area contributed by atoms with Crippen LogP contribution in [0.25, 0.3) is 0 Å². The molecule has 0 saturated carbocycles. The van der Waals surface area contributed by atoms with E-state index in [1.165, 1.54) is 0 Å². The van der Waals surface area contributed by atoms with Gasteiger partial charge in [0.25, 0.3) is 0 Å². The Hall–Kier alpha value is -0.780. The van der Waals surface area contributed by atoms with Gasteiger partial charge in [-0.15, -0.1) is 0 Å². The molecule has 1 rings (SSSR count). The van der Waals surface area contributed by atoms with E-state index in [4.69, 9.17) is 0 Å². The van der Waals surface area contributed by atoms with Crippen LogP contribution in [-0.2, 0) is 0 Å². The standard InChI is InChI=1S/C10H7F3O2.Na/c11-7-3-1-6(2-4-7)8(14)5-9(15)10(12)13;/h1-5,10,15H;/q;+1/p-1/b9-5-;. The molecule has 0 spiro atoms. The number of halogens is 3. The summed E-state index contributed by atoms with van der Waals surface area (Å²) in [5, 5.41) is 10.5. The summed E-state index contributed by atoms with van der Waals surface area (Å²) in [6.07, 6.45) is -2.90. The molecule has 0 fully saturated rings. The monoisotopic (exact) mass is 238 g/mol. The molecule has 6 heteroatoms. The average molecular weight is 238 g/mol.